The van der Waals surface area contributed by atoms with E-state index in [1.165, 1.54) is 11.1 Å². The van der Waals surface area contributed by atoms with Gasteiger partial charge in [0.2, 0.25) is 0 Å². The normalized spacial score (nSPS) is 13.6. The Bertz CT molecular complexity index is 1060. The molecular formula is C31H38O5. The van der Waals surface area contributed by atoms with E-state index in [1.54, 1.807) is 12.1 Å². The van der Waals surface area contributed by atoms with Gasteiger partial charge in [-0.05, 0) is 79.5 Å². The summed E-state index contributed by atoms with van der Waals surface area (Å²) >= 11 is 0. The molecule has 0 aromatic heterocycles. The van der Waals surface area contributed by atoms with Gasteiger partial charge in [-0.25, -0.2) is 0 Å². The molecule has 3 aromatic rings. The molecule has 0 amide bonds. The first kappa shape index (κ1) is 27.3. The van der Waals surface area contributed by atoms with Crippen molar-refractivity contribution < 1.29 is 24.1 Å². The van der Waals surface area contributed by atoms with E-state index >= 15 is 0 Å². The summed E-state index contributed by atoms with van der Waals surface area (Å²) in [6, 6.07) is 23.5. The second-order valence-corrected chi connectivity index (χ2v) is 9.34. The van der Waals surface area contributed by atoms with Crippen LogP contribution in [0.15, 0.2) is 72.8 Å². The van der Waals surface area contributed by atoms with Crippen LogP contribution >= 0.6 is 0 Å². The zero-order valence-corrected chi connectivity index (χ0v) is 21.8. The van der Waals surface area contributed by atoms with Crippen molar-refractivity contribution in [2.24, 2.45) is 0 Å². The van der Waals surface area contributed by atoms with E-state index in [0.717, 1.165) is 29.7 Å². The van der Waals surface area contributed by atoms with Gasteiger partial charge in [-0.3, -0.25) is 4.79 Å². The molecule has 0 aliphatic rings. The van der Waals surface area contributed by atoms with E-state index in [9.17, 15) is 9.90 Å². The van der Waals surface area contributed by atoms with Crippen molar-refractivity contribution in [3.05, 3.63) is 95.1 Å². The lowest BCUT2D eigenvalue weighted by Crippen LogP contribution is -2.20. The van der Waals surface area contributed by atoms with E-state index in [-0.39, 0.29) is 25.6 Å². The van der Waals surface area contributed by atoms with E-state index < -0.39 is 6.29 Å². The molecule has 0 radical (unpaired) electrons. The molecule has 3 unspecified atom stereocenters. The average molecular weight is 491 g/mol. The Hall–Kier alpha value is -3.31. The molecule has 1 N–H and O–H groups in total. The van der Waals surface area contributed by atoms with Crippen LogP contribution in [0.5, 0.6) is 11.5 Å². The highest BCUT2D eigenvalue weighted by Crippen LogP contribution is 2.33. The quantitative estimate of drug-likeness (QED) is 0.160. The van der Waals surface area contributed by atoms with Crippen molar-refractivity contribution in [1.82, 2.24) is 0 Å². The number of hydrogen-bond donors (Lipinski definition) is 1. The molecule has 0 fully saturated rings. The van der Waals surface area contributed by atoms with Crippen molar-refractivity contribution in [1.29, 1.82) is 0 Å². The largest absolute Gasteiger partial charge is 0.508 e. The van der Waals surface area contributed by atoms with Crippen LogP contribution in [0.4, 0.5) is 0 Å². The number of carbonyl (C=O) groups is 1. The Morgan fingerprint density at radius 1 is 0.861 bits per heavy atom. The standard InChI is InChI=1S/C31H38O5/c1-5-26(20-23(3)27-10-14-29(32)15-11-27)28-12-16-30(17-13-28)36-24(4)34-18-19-35-31(33)21-25-8-6-22(2)7-9-25/h6-17,23-24,26,32H,5,18-21H2,1-4H3. The third-order valence-electron chi connectivity index (χ3n) is 6.41. The number of ether oxygens (including phenoxy) is 3. The van der Waals surface area contributed by atoms with Gasteiger partial charge in [-0.1, -0.05) is 67.9 Å². The topological polar surface area (TPSA) is 65.0 Å². The van der Waals surface area contributed by atoms with Crippen LogP contribution < -0.4 is 4.74 Å². The lowest BCUT2D eigenvalue weighted by molar-refractivity contribution is -0.147. The van der Waals surface area contributed by atoms with Crippen molar-refractivity contribution in [2.75, 3.05) is 13.2 Å². The number of benzene rings is 3. The average Bonchev–Trinajstić information content (AvgIpc) is 2.87. The summed E-state index contributed by atoms with van der Waals surface area (Å²) in [6.45, 7) is 8.74. The van der Waals surface area contributed by atoms with Gasteiger partial charge in [0, 0.05) is 0 Å². The fraction of sp³-hybridized carbons (Fsp3) is 0.387. The first-order valence-corrected chi connectivity index (χ1v) is 12.7. The minimum Gasteiger partial charge on any atom is -0.508 e. The highest BCUT2D eigenvalue weighted by molar-refractivity contribution is 5.72. The predicted octanol–water partition coefficient (Wildman–Crippen LogP) is 6.92. The van der Waals surface area contributed by atoms with Gasteiger partial charge < -0.3 is 19.3 Å². The second kappa shape index (κ2) is 13.7. The van der Waals surface area contributed by atoms with Gasteiger partial charge in [-0.2, -0.15) is 0 Å². The lowest BCUT2D eigenvalue weighted by Gasteiger charge is -2.21. The summed E-state index contributed by atoms with van der Waals surface area (Å²) in [5, 5.41) is 9.53. The Kier molecular flexibility index (Phi) is 10.4. The number of phenols is 1. The number of rotatable bonds is 13. The summed E-state index contributed by atoms with van der Waals surface area (Å²) in [5.74, 6) is 1.60. The van der Waals surface area contributed by atoms with Crippen molar-refractivity contribution >= 4 is 5.97 Å². The maximum Gasteiger partial charge on any atom is 0.310 e. The molecule has 0 heterocycles. The lowest BCUT2D eigenvalue weighted by atomic mass is 9.84. The van der Waals surface area contributed by atoms with Crippen LogP contribution in [0.1, 0.15) is 67.7 Å². The van der Waals surface area contributed by atoms with Crippen molar-refractivity contribution in [3.63, 3.8) is 0 Å². The van der Waals surface area contributed by atoms with E-state index in [2.05, 4.69) is 26.0 Å². The van der Waals surface area contributed by atoms with Gasteiger partial charge in [-0.15, -0.1) is 0 Å². The summed E-state index contributed by atoms with van der Waals surface area (Å²) in [4.78, 5) is 12.0. The Morgan fingerprint density at radius 3 is 2.14 bits per heavy atom. The number of aryl methyl sites for hydroxylation is 1. The maximum atomic E-state index is 12.0. The number of phenolic OH excluding ortho intramolecular Hbond substituents is 1. The first-order chi connectivity index (χ1) is 17.3. The Balaban J connectivity index is 1.39. The molecule has 36 heavy (non-hydrogen) atoms. The van der Waals surface area contributed by atoms with Gasteiger partial charge in [0.15, 0.2) is 6.29 Å². The molecule has 0 saturated carbocycles. The fourth-order valence-electron chi connectivity index (χ4n) is 4.24. The molecule has 0 saturated heterocycles. The fourth-order valence-corrected chi connectivity index (χ4v) is 4.24. The molecular weight excluding hydrogens is 452 g/mol. The van der Waals surface area contributed by atoms with E-state index in [0.29, 0.717) is 17.6 Å². The number of aromatic hydroxyl groups is 1. The minimum atomic E-state index is -0.455. The highest BCUT2D eigenvalue weighted by atomic mass is 16.7. The highest BCUT2D eigenvalue weighted by Gasteiger charge is 2.16. The molecule has 3 aromatic carbocycles. The number of carbonyl (C=O) groups excluding carboxylic acids is 1. The van der Waals surface area contributed by atoms with Crippen LogP contribution in [-0.2, 0) is 20.7 Å². The molecule has 192 valence electrons. The molecule has 5 nitrogen and oxygen atoms in total. The van der Waals surface area contributed by atoms with Crippen LogP contribution in [0.25, 0.3) is 0 Å². The smallest absolute Gasteiger partial charge is 0.310 e. The Labute approximate surface area is 215 Å². The van der Waals surface area contributed by atoms with E-state index in [1.807, 2.05) is 62.4 Å². The van der Waals surface area contributed by atoms with Crippen LogP contribution in [0, 0.1) is 6.92 Å². The van der Waals surface area contributed by atoms with E-state index in [4.69, 9.17) is 14.2 Å². The monoisotopic (exact) mass is 490 g/mol. The zero-order chi connectivity index (χ0) is 25.9. The number of hydrogen-bond acceptors (Lipinski definition) is 5. The third-order valence-corrected chi connectivity index (χ3v) is 6.41. The molecule has 0 spiro atoms. The molecule has 3 rings (SSSR count). The summed E-state index contributed by atoms with van der Waals surface area (Å²) < 4.78 is 16.8. The number of esters is 1. The van der Waals surface area contributed by atoms with Crippen LogP contribution in [-0.4, -0.2) is 30.6 Å². The van der Waals surface area contributed by atoms with Crippen molar-refractivity contribution in [2.45, 2.75) is 65.1 Å². The molecule has 0 bridgehead atoms. The molecule has 5 heteroatoms. The maximum absolute atomic E-state index is 12.0. The molecule has 3 atom stereocenters. The SMILES string of the molecule is CCC(CC(C)c1ccc(O)cc1)c1ccc(OC(C)OCCOC(=O)Cc2ccc(C)cc2)cc1. The van der Waals surface area contributed by atoms with Gasteiger partial charge in [0.25, 0.3) is 0 Å². The van der Waals surface area contributed by atoms with Crippen LogP contribution in [0.3, 0.4) is 0 Å². The molecule has 0 aliphatic heterocycles. The summed E-state index contributed by atoms with van der Waals surface area (Å²) in [7, 11) is 0. The van der Waals surface area contributed by atoms with Gasteiger partial charge in [0.05, 0.1) is 13.0 Å². The van der Waals surface area contributed by atoms with Gasteiger partial charge in [0.1, 0.15) is 18.1 Å². The third kappa shape index (κ3) is 8.72. The van der Waals surface area contributed by atoms with Crippen LogP contribution in [0.2, 0.25) is 0 Å². The minimum absolute atomic E-state index is 0.189. The van der Waals surface area contributed by atoms with Crippen molar-refractivity contribution in [3.8, 4) is 11.5 Å². The Morgan fingerprint density at radius 2 is 1.50 bits per heavy atom. The van der Waals surface area contributed by atoms with Gasteiger partial charge >= 0.3 is 5.97 Å². The second-order valence-electron chi connectivity index (χ2n) is 9.34. The summed E-state index contributed by atoms with van der Waals surface area (Å²) in [5.41, 5.74) is 4.61. The first-order valence-electron chi connectivity index (χ1n) is 12.7. The summed E-state index contributed by atoms with van der Waals surface area (Å²) in [6.07, 6.45) is 1.88. The molecule has 0 aliphatic carbocycles. The predicted molar refractivity (Wildman–Crippen MR) is 142 cm³/mol. The zero-order valence-electron chi connectivity index (χ0n) is 21.8.